The van der Waals surface area contributed by atoms with Gasteiger partial charge in [0.1, 0.15) is 5.75 Å². The number of aromatic hydroxyl groups is 1. The maximum absolute atomic E-state index is 13.3. The molecule has 8 nitrogen and oxygen atoms in total. The number of carbonyl (C=O) groups is 3. The number of carboxylic acid groups (broad SMARTS) is 1. The van der Waals surface area contributed by atoms with Crippen LogP contribution in [0.5, 0.6) is 5.75 Å². The van der Waals surface area contributed by atoms with E-state index in [2.05, 4.69) is 4.98 Å². The van der Waals surface area contributed by atoms with Crippen LogP contribution in [0.1, 0.15) is 35.6 Å². The lowest BCUT2D eigenvalue weighted by Crippen LogP contribution is -2.42. The number of carbonyl (C=O) groups excluding carboxylic acids is 2. The second-order valence-electron chi connectivity index (χ2n) is 9.38. The van der Waals surface area contributed by atoms with Crippen molar-refractivity contribution in [3.05, 3.63) is 44.4 Å². The highest BCUT2D eigenvalue weighted by Crippen LogP contribution is 2.68. The summed E-state index contributed by atoms with van der Waals surface area (Å²) < 4.78 is 0. The smallest absolute Gasteiger partial charge is 0.305 e. The Morgan fingerprint density at radius 1 is 1.09 bits per heavy atom. The number of thiazole rings is 1. The lowest BCUT2D eigenvalue weighted by Gasteiger charge is -2.43. The Hall–Kier alpha value is -2.59. The molecule has 1 aromatic heterocycles. The maximum atomic E-state index is 13.3. The first-order chi connectivity index (χ1) is 15.8. The Morgan fingerprint density at radius 2 is 1.79 bits per heavy atom. The molecule has 2 aromatic rings. The van der Waals surface area contributed by atoms with Crippen molar-refractivity contribution in [3.63, 3.8) is 0 Å². The minimum atomic E-state index is -0.936. The number of hydrogen-bond donors (Lipinski definition) is 3. The number of phenols is 1. The summed E-state index contributed by atoms with van der Waals surface area (Å²) in [6.07, 6.45) is 1.00. The summed E-state index contributed by atoms with van der Waals surface area (Å²) in [5.74, 6) is -1.69. The summed E-state index contributed by atoms with van der Waals surface area (Å²) in [5, 5.41) is 19.7. The van der Waals surface area contributed by atoms with Crippen molar-refractivity contribution in [2.75, 3.05) is 6.54 Å². The van der Waals surface area contributed by atoms with Gasteiger partial charge in [-0.3, -0.25) is 24.1 Å². The molecule has 10 heteroatoms. The summed E-state index contributed by atoms with van der Waals surface area (Å²) in [6.45, 7) is 0.154. The molecule has 0 radical (unpaired) electrons. The van der Waals surface area contributed by atoms with Crippen molar-refractivity contribution in [1.29, 1.82) is 0 Å². The second kappa shape index (κ2) is 7.46. The number of aliphatic carboxylic acids is 1. The van der Waals surface area contributed by atoms with Gasteiger partial charge in [-0.25, -0.2) is 0 Å². The number of carboxylic acids is 1. The zero-order valence-corrected chi connectivity index (χ0v) is 19.1. The van der Waals surface area contributed by atoms with Crippen molar-refractivity contribution >= 4 is 40.9 Å². The number of amides is 2. The molecule has 0 unspecified atom stereocenters. The fraction of sp³-hybridized carbons (Fsp3) is 0.478. The first kappa shape index (κ1) is 21.0. The highest BCUT2D eigenvalue weighted by molar-refractivity contribution is 8.00. The first-order valence-electron chi connectivity index (χ1n) is 11.1. The number of aromatic amines is 1. The van der Waals surface area contributed by atoms with Gasteiger partial charge < -0.3 is 15.2 Å². The maximum Gasteiger partial charge on any atom is 0.305 e. The molecule has 3 fully saturated rings. The number of thioether (sulfide) groups is 1. The van der Waals surface area contributed by atoms with Crippen LogP contribution >= 0.6 is 23.1 Å². The quantitative estimate of drug-likeness (QED) is 0.554. The van der Waals surface area contributed by atoms with Gasteiger partial charge in [0.25, 0.3) is 0 Å². The number of nitrogens with zero attached hydrogens (tertiary/aromatic N) is 1. The second-order valence-corrected chi connectivity index (χ2v) is 11.6. The number of aromatic nitrogens is 1. The Morgan fingerprint density at radius 3 is 2.48 bits per heavy atom. The standard InChI is InChI=1S/C23H22N2O6S2/c26-10-5-3-9(4-6-10)14-15-11-8-12(18(15)32-20-19(14)33-23(31)24-20)17-16(11)21(29)25(22(17)30)7-1-2-13(27)28/h3-6,11-12,14-18,26H,1-2,7-8H2,(H,24,31)(H,27,28)/t11-,12-,14+,15-,16+,17-,18+/m1/s1. The number of H-pyrrole nitrogens is 1. The normalized spacial score (nSPS) is 33.8. The summed E-state index contributed by atoms with van der Waals surface area (Å²) in [5.41, 5.74) is 0.999. The van der Waals surface area contributed by atoms with Crippen LogP contribution in [0.2, 0.25) is 0 Å². The van der Waals surface area contributed by atoms with Crippen molar-refractivity contribution < 1.29 is 24.6 Å². The molecule has 2 saturated carbocycles. The van der Waals surface area contributed by atoms with Gasteiger partial charge in [-0.1, -0.05) is 23.5 Å². The molecule has 7 atom stereocenters. The lowest BCUT2D eigenvalue weighted by atomic mass is 9.68. The molecule has 3 heterocycles. The minimum Gasteiger partial charge on any atom is -0.508 e. The molecule has 2 aliphatic carbocycles. The highest BCUT2D eigenvalue weighted by atomic mass is 32.2. The van der Waals surface area contributed by atoms with E-state index in [-0.39, 0.29) is 82.6 Å². The molecule has 4 aliphatic rings. The van der Waals surface area contributed by atoms with Crippen LogP contribution in [0.25, 0.3) is 0 Å². The summed E-state index contributed by atoms with van der Waals surface area (Å²) in [6, 6.07) is 7.05. The third kappa shape index (κ3) is 3.03. The molecule has 1 saturated heterocycles. The zero-order valence-electron chi connectivity index (χ0n) is 17.5. The summed E-state index contributed by atoms with van der Waals surface area (Å²) in [4.78, 5) is 54.8. The highest BCUT2D eigenvalue weighted by Gasteiger charge is 2.69. The van der Waals surface area contributed by atoms with Gasteiger partial charge in [0.2, 0.25) is 11.8 Å². The topological polar surface area (TPSA) is 128 Å². The molecule has 1 aromatic carbocycles. The van der Waals surface area contributed by atoms with E-state index in [1.165, 1.54) is 16.2 Å². The Labute approximate surface area is 197 Å². The number of likely N-dealkylation sites (tertiary alicyclic amines) is 1. The van der Waals surface area contributed by atoms with E-state index < -0.39 is 5.97 Å². The van der Waals surface area contributed by atoms with E-state index in [0.29, 0.717) is 0 Å². The van der Waals surface area contributed by atoms with E-state index in [1.807, 2.05) is 12.1 Å². The number of rotatable bonds is 5. The molecule has 33 heavy (non-hydrogen) atoms. The van der Waals surface area contributed by atoms with E-state index in [1.54, 1.807) is 23.9 Å². The average molecular weight is 487 g/mol. The Bertz CT molecular complexity index is 1220. The predicted molar refractivity (Wildman–Crippen MR) is 120 cm³/mol. The van der Waals surface area contributed by atoms with Crippen LogP contribution in [0, 0.1) is 29.6 Å². The summed E-state index contributed by atoms with van der Waals surface area (Å²) >= 11 is 2.84. The molecule has 3 N–H and O–H groups in total. The predicted octanol–water partition coefficient (Wildman–Crippen LogP) is 2.48. The number of imide groups is 1. The fourth-order valence-corrected chi connectivity index (χ4v) is 9.63. The minimum absolute atomic E-state index is 0.0302. The van der Waals surface area contributed by atoms with E-state index in [4.69, 9.17) is 5.11 Å². The molecular formula is C23H22N2O6S2. The van der Waals surface area contributed by atoms with Gasteiger partial charge in [0.05, 0.1) is 16.9 Å². The zero-order chi connectivity index (χ0) is 23.0. The molecule has 2 aliphatic heterocycles. The van der Waals surface area contributed by atoms with Crippen LogP contribution in [0.4, 0.5) is 0 Å². The molecule has 172 valence electrons. The van der Waals surface area contributed by atoms with Gasteiger partial charge in [0.15, 0.2) is 0 Å². The summed E-state index contributed by atoms with van der Waals surface area (Å²) in [7, 11) is 0. The Balaban J connectivity index is 1.37. The van der Waals surface area contributed by atoms with Crippen molar-refractivity contribution in [1.82, 2.24) is 9.88 Å². The van der Waals surface area contributed by atoms with Crippen LogP contribution in [0.15, 0.2) is 34.1 Å². The van der Waals surface area contributed by atoms with Gasteiger partial charge in [-0.2, -0.15) is 0 Å². The fourth-order valence-electron chi connectivity index (χ4n) is 6.74. The third-order valence-electron chi connectivity index (χ3n) is 7.84. The number of nitrogens with one attached hydrogen (secondary N) is 1. The molecule has 6 rings (SSSR count). The molecule has 2 bridgehead atoms. The van der Waals surface area contributed by atoms with Gasteiger partial charge in [-0.15, -0.1) is 11.8 Å². The van der Waals surface area contributed by atoms with Crippen LogP contribution in [0.3, 0.4) is 0 Å². The average Bonchev–Trinajstić information content (AvgIpc) is 3.49. The SMILES string of the molecule is O=C(O)CCCN1C(=O)[C@@H]2[C@H]3C[C@@H]([C@@H]2C1=O)[C@@H]1[C@H](c2ccc(O)cc2)c2sc(=O)[nH]c2S[C@@H]31. The van der Waals surface area contributed by atoms with E-state index >= 15 is 0 Å². The molecule has 2 amide bonds. The monoisotopic (exact) mass is 486 g/mol. The number of phenolic OH excluding ortho intramolecular Hbond substituents is 1. The van der Waals surface area contributed by atoms with E-state index in [9.17, 15) is 24.3 Å². The third-order valence-corrected chi connectivity index (χ3v) is 10.4. The van der Waals surface area contributed by atoms with Gasteiger partial charge in [0, 0.05) is 29.0 Å². The van der Waals surface area contributed by atoms with Gasteiger partial charge in [-0.05, 0) is 48.3 Å². The van der Waals surface area contributed by atoms with Crippen molar-refractivity contribution in [2.24, 2.45) is 29.6 Å². The first-order valence-corrected chi connectivity index (χ1v) is 12.8. The largest absolute Gasteiger partial charge is 0.508 e. The van der Waals surface area contributed by atoms with Crippen LogP contribution in [-0.4, -0.2) is 49.7 Å². The lowest BCUT2D eigenvalue weighted by molar-refractivity contribution is -0.142. The molecular weight excluding hydrogens is 464 g/mol. The number of fused-ring (bicyclic) bond motifs is 9. The number of benzene rings is 1. The van der Waals surface area contributed by atoms with Crippen molar-refractivity contribution in [3.8, 4) is 5.75 Å². The Kier molecular flexibility index (Phi) is 4.74. The van der Waals surface area contributed by atoms with E-state index in [0.717, 1.165) is 21.9 Å². The van der Waals surface area contributed by atoms with Gasteiger partial charge >= 0.3 is 10.8 Å². The van der Waals surface area contributed by atoms with Crippen molar-refractivity contribution in [2.45, 2.75) is 35.5 Å². The number of hydrogen-bond acceptors (Lipinski definition) is 7. The van der Waals surface area contributed by atoms with Crippen LogP contribution < -0.4 is 4.87 Å². The van der Waals surface area contributed by atoms with Crippen LogP contribution in [-0.2, 0) is 14.4 Å². The molecule has 0 spiro atoms.